The number of furan rings is 1. The van der Waals surface area contributed by atoms with Crippen molar-refractivity contribution in [1.82, 2.24) is 0 Å². The number of ether oxygens (including phenoxy) is 4. The van der Waals surface area contributed by atoms with Gasteiger partial charge in [-0.2, -0.15) is 0 Å². The van der Waals surface area contributed by atoms with E-state index in [-0.39, 0.29) is 11.0 Å². The number of fused-ring (bicyclic) bond motifs is 5. The van der Waals surface area contributed by atoms with Crippen molar-refractivity contribution in [2.24, 2.45) is 0 Å². The second-order valence-corrected chi connectivity index (χ2v) is 10.4. The maximum atomic E-state index is 13.4. The van der Waals surface area contributed by atoms with E-state index in [9.17, 15) is 14.4 Å². The number of aryl methyl sites for hydroxylation is 1. The molecule has 1 unspecified atom stereocenters. The van der Waals surface area contributed by atoms with Crippen molar-refractivity contribution in [3.63, 3.8) is 0 Å². The van der Waals surface area contributed by atoms with Crippen LogP contribution >= 0.6 is 0 Å². The minimum absolute atomic E-state index is 0.263. The first-order valence-corrected chi connectivity index (χ1v) is 12.6. The Morgan fingerprint density at radius 2 is 1.67 bits per heavy atom. The van der Waals surface area contributed by atoms with Crippen LogP contribution in [0, 0.1) is 6.92 Å². The normalized spacial score (nSPS) is 17.3. The fourth-order valence-corrected chi connectivity index (χ4v) is 5.56. The highest BCUT2D eigenvalue weighted by molar-refractivity contribution is 6.53. The molecule has 3 aromatic rings. The van der Waals surface area contributed by atoms with Gasteiger partial charge in [0.2, 0.25) is 17.3 Å². The van der Waals surface area contributed by atoms with Gasteiger partial charge in [0.05, 0.1) is 33.2 Å². The fraction of sp³-hybridized carbons (Fsp3) is 0.323. The average molecular weight is 531 g/mol. The third kappa shape index (κ3) is 4.30. The first kappa shape index (κ1) is 26.3. The summed E-state index contributed by atoms with van der Waals surface area (Å²) >= 11 is 0. The molecule has 202 valence electrons. The van der Waals surface area contributed by atoms with Crippen molar-refractivity contribution >= 4 is 23.6 Å². The number of methoxy groups -OCH3 is 3. The summed E-state index contributed by atoms with van der Waals surface area (Å²) in [7, 11) is 4.54. The molecule has 1 atom stereocenters. The molecular weight excluding hydrogens is 500 g/mol. The Balaban J connectivity index is 1.51. The zero-order chi connectivity index (χ0) is 28.1. The number of hydrogen-bond donors (Lipinski definition) is 0. The summed E-state index contributed by atoms with van der Waals surface area (Å²) in [5.41, 5.74) is 3.55. The first-order chi connectivity index (χ1) is 18.6. The van der Waals surface area contributed by atoms with Gasteiger partial charge in [-0.1, -0.05) is 26.0 Å². The maximum Gasteiger partial charge on any atom is 0.331 e. The maximum absolute atomic E-state index is 13.4. The Bertz CT molecular complexity index is 1510. The van der Waals surface area contributed by atoms with E-state index in [1.165, 1.54) is 33.7 Å². The van der Waals surface area contributed by atoms with Gasteiger partial charge < -0.3 is 23.4 Å². The number of carbonyl (C=O) groups excluding carboxylic acids is 3. The highest BCUT2D eigenvalue weighted by atomic mass is 16.5. The topological polar surface area (TPSA) is 101 Å². The van der Waals surface area contributed by atoms with Crippen LogP contribution in [-0.2, 0) is 14.9 Å². The predicted octanol–water partition coefficient (Wildman–Crippen LogP) is 6.03. The molecule has 0 amide bonds. The molecule has 0 saturated heterocycles. The van der Waals surface area contributed by atoms with Gasteiger partial charge in [0.15, 0.2) is 11.5 Å². The molecule has 5 rings (SSSR count). The Morgan fingerprint density at radius 1 is 1.00 bits per heavy atom. The van der Waals surface area contributed by atoms with Crippen LogP contribution in [0.2, 0.25) is 0 Å². The van der Waals surface area contributed by atoms with E-state index in [0.29, 0.717) is 57.2 Å². The number of hydrogen-bond acceptors (Lipinski definition) is 8. The van der Waals surface area contributed by atoms with Crippen molar-refractivity contribution in [3.05, 3.63) is 70.0 Å². The second kappa shape index (κ2) is 9.76. The van der Waals surface area contributed by atoms with E-state index in [0.717, 1.165) is 12.0 Å². The highest BCUT2D eigenvalue weighted by Gasteiger charge is 2.43. The molecule has 8 nitrogen and oxygen atoms in total. The predicted molar refractivity (Wildman–Crippen MR) is 144 cm³/mol. The molecule has 0 radical (unpaired) electrons. The molecule has 39 heavy (non-hydrogen) atoms. The first-order valence-electron chi connectivity index (χ1n) is 12.6. The number of rotatable bonds is 6. The summed E-state index contributed by atoms with van der Waals surface area (Å²) in [6.07, 6.45) is 4.94. The zero-order valence-corrected chi connectivity index (χ0v) is 22.8. The summed E-state index contributed by atoms with van der Waals surface area (Å²) < 4.78 is 27.8. The molecule has 1 aromatic heterocycles. The molecule has 0 N–H and O–H groups in total. The Hall–Kier alpha value is -4.33. The quantitative estimate of drug-likeness (QED) is 0.216. The van der Waals surface area contributed by atoms with E-state index in [2.05, 4.69) is 13.8 Å². The van der Waals surface area contributed by atoms with Gasteiger partial charge in [0, 0.05) is 22.8 Å². The SMILES string of the molecule is COc1cc(/C=C/C(=O)OC2CCC(C)(C)c3ccc4c(c32)C(=O)C(=O)c2c(C)coc2-4)cc(OC)c1OC. The number of Topliss-reactive ketones (excluding diaryl/α,β-unsaturated/α-hetero) is 2. The molecule has 0 bridgehead atoms. The van der Waals surface area contributed by atoms with E-state index >= 15 is 0 Å². The van der Waals surface area contributed by atoms with Crippen molar-refractivity contribution < 1.29 is 37.7 Å². The number of benzene rings is 2. The molecule has 0 spiro atoms. The van der Waals surface area contributed by atoms with Crippen LogP contribution in [0.25, 0.3) is 17.4 Å². The lowest BCUT2D eigenvalue weighted by Gasteiger charge is -2.38. The molecule has 8 heteroatoms. The molecule has 0 saturated carbocycles. The Morgan fingerprint density at radius 3 is 2.31 bits per heavy atom. The Kier molecular flexibility index (Phi) is 6.58. The molecule has 0 aliphatic heterocycles. The average Bonchev–Trinajstić information content (AvgIpc) is 3.32. The van der Waals surface area contributed by atoms with Crippen LogP contribution < -0.4 is 14.2 Å². The molecule has 2 aliphatic rings. The molecule has 2 aromatic carbocycles. The molecule has 0 fully saturated rings. The number of esters is 1. The summed E-state index contributed by atoms with van der Waals surface area (Å²) in [6.45, 7) is 5.90. The third-order valence-electron chi connectivity index (χ3n) is 7.57. The highest BCUT2D eigenvalue weighted by Crippen LogP contribution is 2.49. The van der Waals surface area contributed by atoms with Gasteiger partial charge in [-0.15, -0.1) is 0 Å². The van der Waals surface area contributed by atoms with Gasteiger partial charge in [-0.3, -0.25) is 9.59 Å². The molecule has 1 heterocycles. The standard InChI is InChI=1S/C31H30O8/c1-16-15-38-29-18-8-9-19-26(25(18)28(34)27(33)24(16)29)20(11-12-31(19,2)3)39-23(32)10-7-17-13-21(35-4)30(37-6)22(14-17)36-5/h7-10,13-15,20H,11-12H2,1-6H3/b10-7+. The van der Waals surface area contributed by atoms with Crippen LogP contribution in [-0.4, -0.2) is 38.9 Å². The van der Waals surface area contributed by atoms with Gasteiger partial charge in [0.25, 0.3) is 0 Å². The van der Waals surface area contributed by atoms with Gasteiger partial charge >= 0.3 is 5.97 Å². The van der Waals surface area contributed by atoms with Crippen molar-refractivity contribution in [3.8, 4) is 28.6 Å². The van der Waals surface area contributed by atoms with Crippen LogP contribution in [0.5, 0.6) is 17.2 Å². The van der Waals surface area contributed by atoms with E-state index in [1.807, 2.05) is 12.1 Å². The number of ketones is 2. The lowest BCUT2D eigenvalue weighted by Crippen LogP contribution is -2.32. The third-order valence-corrected chi connectivity index (χ3v) is 7.57. The summed E-state index contributed by atoms with van der Waals surface area (Å²) in [5.74, 6) is -0.0587. The molecular formula is C31H30O8. The number of carbonyl (C=O) groups is 3. The summed E-state index contributed by atoms with van der Waals surface area (Å²) in [6, 6.07) is 7.21. The largest absolute Gasteiger partial charge is 0.493 e. The summed E-state index contributed by atoms with van der Waals surface area (Å²) in [4.78, 5) is 39.6. The van der Waals surface area contributed by atoms with Crippen LogP contribution in [0.15, 0.2) is 41.0 Å². The van der Waals surface area contributed by atoms with Gasteiger partial charge in [0.1, 0.15) is 11.9 Å². The lowest BCUT2D eigenvalue weighted by molar-refractivity contribution is -0.144. The minimum atomic E-state index is -0.700. The van der Waals surface area contributed by atoms with Crippen LogP contribution in [0.1, 0.15) is 75.8 Å². The second-order valence-electron chi connectivity index (χ2n) is 10.4. The van der Waals surface area contributed by atoms with Crippen molar-refractivity contribution in [2.75, 3.05) is 21.3 Å². The zero-order valence-electron chi connectivity index (χ0n) is 22.8. The smallest absolute Gasteiger partial charge is 0.331 e. The monoisotopic (exact) mass is 530 g/mol. The van der Waals surface area contributed by atoms with Gasteiger partial charge in [-0.05, 0) is 60.1 Å². The van der Waals surface area contributed by atoms with Crippen molar-refractivity contribution in [1.29, 1.82) is 0 Å². The molecule has 2 aliphatic carbocycles. The van der Waals surface area contributed by atoms with Crippen LogP contribution in [0.4, 0.5) is 0 Å². The summed E-state index contributed by atoms with van der Waals surface area (Å²) in [5, 5.41) is 0. The lowest BCUT2D eigenvalue weighted by atomic mass is 9.68. The van der Waals surface area contributed by atoms with E-state index < -0.39 is 23.6 Å². The fourth-order valence-electron chi connectivity index (χ4n) is 5.56. The Labute approximate surface area is 226 Å². The minimum Gasteiger partial charge on any atom is -0.493 e. The van der Waals surface area contributed by atoms with E-state index in [1.54, 1.807) is 25.1 Å². The van der Waals surface area contributed by atoms with Crippen molar-refractivity contribution in [2.45, 2.75) is 45.1 Å². The van der Waals surface area contributed by atoms with Gasteiger partial charge in [-0.25, -0.2) is 4.79 Å². The van der Waals surface area contributed by atoms with Crippen LogP contribution in [0.3, 0.4) is 0 Å². The van der Waals surface area contributed by atoms with E-state index in [4.69, 9.17) is 23.4 Å².